The summed E-state index contributed by atoms with van der Waals surface area (Å²) in [4.78, 5) is 8.57. The highest BCUT2D eigenvalue weighted by Gasteiger charge is 2.25. The van der Waals surface area contributed by atoms with Gasteiger partial charge in [-0.1, -0.05) is 0 Å². The highest BCUT2D eigenvalue weighted by Crippen LogP contribution is 2.28. The second-order valence-electron chi connectivity index (χ2n) is 4.63. The van der Waals surface area contributed by atoms with Crippen LogP contribution in [0.2, 0.25) is 0 Å². The Hall–Kier alpha value is -1.60. The zero-order valence-electron chi connectivity index (χ0n) is 10.0. The summed E-state index contributed by atoms with van der Waals surface area (Å²) in [5.74, 6) is -0.191. The van der Waals surface area contributed by atoms with Crippen molar-refractivity contribution in [3.63, 3.8) is 0 Å². The largest absolute Gasteiger partial charge is 0.393 e. The third-order valence-electron chi connectivity index (χ3n) is 3.27. The number of aliphatic hydroxyl groups excluding tert-OH is 1. The molecule has 3 N–H and O–H groups in total. The number of fused-ring (bicyclic) bond motifs is 1. The van der Waals surface area contributed by atoms with Gasteiger partial charge in [-0.25, -0.2) is 9.37 Å². The Labute approximate surface area is 114 Å². The van der Waals surface area contributed by atoms with Crippen LogP contribution in [0.4, 0.5) is 10.1 Å². The molecule has 5 nitrogen and oxygen atoms in total. The van der Waals surface area contributed by atoms with Crippen LogP contribution in [0.25, 0.3) is 11.0 Å². The number of nitrogens with one attached hydrogen (secondary N) is 2. The smallest absolute Gasteiger partial charge is 0.163 e. The van der Waals surface area contributed by atoms with Gasteiger partial charge in [-0.05, 0) is 12.5 Å². The van der Waals surface area contributed by atoms with Crippen LogP contribution in [-0.2, 0) is 0 Å². The number of thiol groups is 1. The van der Waals surface area contributed by atoms with E-state index in [1.807, 2.05) is 0 Å². The molecule has 0 aliphatic carbocycles. The number of piperidine rings is 1. The van der Waals surface area contributed by atoms with Gasteiger partial charge in [0.15, 0.2) is 5.16 Å². The van der Waals surface area contributed by atoms with E-state index in [0.29, 0.717) is 34.8 Å². The van der Waals surface area contributed by atoms with Gasteiger partial charge in [0.25, 0.3) is 0 Å². The molecule has 3 rings (SSSR count). The maximum atomic E-state index is 14.1. The standard InChI is InChI=1S/C12H13FN4OS/c13-7-4-8-9(16-12(19)15-8)5-10(7)17-2-1-6(18)3-11(17)14/h4-6,14,18H,1-3H2,(H2,15,16,19). The average molecular weight is 280 g/mol. The first-order valence-corrected chi connectivity index (χ1v) is 6.40. The van der Waals surface area contributed by atoms with Crippen LogP contribution in [0.5, 0.6) is 0 Å². The zero-order valence-corrected chi connectivity index (χ0v) is 10.9. The van der Waals surface area contributed by atoms with E-state index in [9.17, 15) is 9.50 Å². The average Bonchev–Trinajstić information content (AvgIpc) is 2.68. The minimum Gasteiger partial charge on any atom is -0.393 e. The molecule has 1 aliphatic rings. The molecule has 1 saturated heterocycles. The number of halogens is 1. The van der Waals surface area contributed by atoms with E-state index < -0.39 is 11.9 Å². The molecule has 2 heterocycles. The number of anilines is 1. The van der Waals surface area contributed by atoms with Crippen LogP contribution in [0.1, 0.15) is 12.8 Å². The van der Waals surface area contributed by atoms with Crippen molar-refractivity contribution in [1.29, 1.82) is 5.41 Å². The van der Waals surface area contributed by atoms with Crippen molar-refractivity contribution in [2.24, 2.45) is 0 Å². The molecule has 1 atom stereocenters. The fourth-order valence-corrected chi connectivity index (χ4v) is 2.56. The Morgan fingerprint density at radius 1 is 1.53 bits per heavy atom. The monoisotopic (exact) mass is 280 g/mol. The van der Waals surface area contributed by atoms with Crippen molar-refractivity contribution in [2.75, 3.05) is 11.4 Å². The van der Waals surface area contributed by atoms with Gasteiger partial charge in [-0.15, -0.1) is 12.6 Å². The molecule has 1 aromatic carbocycles. The molecule has 100 valence electrons. The molecule has 2 aromatic rings. The summed E-state index contributed by atoms with van der Waals surface area (Å²) in [5.41, 5.74) is 1.51. The molecular formula is C12H13FN4OS. The molecule has 0 saturated carbocycles. The van der Waals surface area contributed by atoms with Gasteiger partial charge < -0.3 is 15.0 Å². The number of benzene rings is 1. The molecule has 7 heteroatoms. The fourth-order valence-electron chi connectivity index (χ4n) is 2.33. The predicted molar refractivity (Wildman–Crippen MR) is 73.6 cm³/mol. The quantitative estimate of drug-likeness (QED) is 0.603. The van der Waals surface area contributed by atoms with Gasteiger partial charge in [0.1, 0.15) is 11.7 Å². The van der Waals surface area contributed by atoms with E-state index in [1.54, 1.807) is 11.0 Å². The molecule has 1 fully saturated rings. The topological polar surface area (TPSA) is 76.0 Å². The van der Waals surface area contributed by atoms with Crippen LogP contribution < -0.4 is 4.90 Å². The van der Waals surface area contributed by atoms with E-state index >= 15 is 0 Å². The van der Waals surface area contributed by atoms with E-state index in [1.165, 1.54) is 6.07 Å². The van der Waals surface area contributed by atoms with Crippen molar-refractivity contribution in [2.45, 2.75) is 24.1 Å². The number of imidazole rings is 1. The molecule has 1 aromatic heterocycles. The molecule has 0 radical (unpaired) electrons. The molecule has 0 bridgehead atoms. The maximum absolute atomic E-state index is 14.1. The van der Waals surface area contributed by atoms with Gasteiger partial charge in [-0.2, -0.15) is 0 Å². The lowest BCUT2D eigenvalue weighted by atomic mass is 10.1. The first kappa shape index (κ1) is 12.4. The first-order chi connectivity index (χ1) is 9.04. The number of H-pyrrole nitrogens is 1. The van der Waals surface area contributed by atoms with Gasteiger partial charge in [0.2, 0.25) is 0 Å². The lowest BCUT2D eigenvalue weighted by Gasteiger charge is -2.32. The van der Waals surface area contributed by atoms with Crippen LogP contribution in [0.3, 0.4) is 0 Å². The Morgan fingerprint density at radius 2 is 2.32 bits per heavy atom. The lowest BCUT2D eigenvalue weighted by Crippen LogP contribution is -2.40. The van der Waals surface area contributed by atoms with Crippen molar-refractivity contribution >= 4 is 35.2 Å². The number of amidine groups is 1. The van der Waals surface area contributed by atoms with E-state index in [-0.39, 0.29) is 12.3 Å². The molecular weight excluding hydrogens is 267 g/mol. The Balaban J connectivity index is 2.04. The second kappa shape index (κ2) is 4.50. The summed E-state index contributed by atoms with van der Waals surface area (Å²) in [6.45, 7) is 0.431. The van der Waals surface area contributed by atoms with E-state index in [0.717, 1.165) is 0 Å². The number of aliphatic hydroxyl groups is 1. The molecule has 0 amide bonds. The van der Waals surface area contributed by atoms with Crippen molar-refractivity contribution in [3.8, 4) is 0 Å². The first-order valence-electron chi connectivity index (χ1n) is 5.96. The number of aromatic nitrogens is 2. The Bertz CT molecular complexity index is 656. The number of rotatable bonds is 1. The van der Waals surface area contributed by atoms with Crippen LogP contribution in [0.15, 0.2) is 17.3 Å². The molecule has 1 aliphatic heterocycles. The summed E-state index contributed by atoms with van der Waals surface area (Å²) in [6.07, 6.45) is 0.263. The number of hydrogen-bond acceptors (Lipinski definition) is 4. The summed E-state index contributed by atoms with van der Waals surface area (Å²) >= 11 is 4.09. The van der Waals surface area contributed by atoms with Gasteiger partial charge in [-0.3, -0.25) is 5.41 Å². The number of hydrogen-bond donors (Lipinski definition) is 4. The highest BCUT2D eigenvalue weighted by molar-refractivity contribution is 7.80. The van der Waals surface area contributed by atoms with Gasteiger partial charge in [0, 0.05) is 19.0 Å². The fraction of sp³-hybridized carbons (Fsp3) is 0.333. The SMILES string of the molecule is N=C1CC(O)CCN1c1cc2nc(S)[nH]c2cc1F. The normalized spacial score (nSPS) is 20.3. The predicted octanol–water partition coefficient (Wildman–Crippen LogP) is 1.93. The van der Waals surface area contributed by atoms with Crippen molar-refractivity contribution in [1.82, 2.24) is 9.97 Å². The third kappa shape index (κ3) is 2.19. The van der Waals surface area contributed by atoms with E-state index in [4.69, 9.17) is 5.41 Å². The third-order valence-corrected chi connectivity index (χ3v) is 3.48. The maximum Gasteiger partial charge on any atom is 0.163 e. The van der Waals surface area contributed by atoms with Gasteiger partial charge >= 0.3 is 0 Å². The summed E-state index contributed by atoms with van der Waals surface area (Å²) in [6, 6.07) is 2.96. The van der Waals surface area contributed by atoms with Crippen molar-refractivity contribution in [3.05, 3.63) is 17.9 Å². The minimum absolute atomic E-state index is 0.221. The van der Waals surface area contributed by atoms with Crippen LogP contribution in [-0.4, -0.2) is 33.6 Å². The van der Waals surface area contributed by atoms with Gasteiger partial charge in [0.05, 0.1) is 22.8 Å². The second-order valence-corrected chi connectivity index (χ2v) is 5.05. The van der Waals surface area contributed by atoms with Crippen molar-refractivity contribution < 1.29 is 9.50 Å². The highest BCUT2D eigenvalue weighted by atomic mass is 32.1. The number of aromatic amines is 1. The minimum atomic E-state index is -0.509. The number of nitrogens with zero attached hydrogens (tertiary/aromatic N) is 2. The van der Waals surface area contributed by atoms with Crippen LogP contribution >= 0.6 is 12.6 Å². The molecule has 0 spiro atoms. The van der Waals surface area contributed by atoms with E-state index in [2.05, 4.69) is 22.6 Å². The summed E-state index contributed by atoms with van der Waals surface area (Å²) < 4.78 is 14.1. The zero-order chi connectivity index (χ0) is 13.6. The molecule has 19 heavy (non-hydrogen) atoms. The van der Waals surface area contributed by atoms with Crippen LogP contribution in [0, 0.1) is 11.2 Å². The Kier molecular flexibility index (Phi) is 2.94. The molecule has 1 unspecified atom stereocenters. The summed E-state index contributed by atoms with van der Waals surface area (Å²) in [5, 5.41) is 17.8. The Morgan fingerprint density at radius 3 is 3.05 bits per heavy atom. The summed E-state index contributed by atoms with van der Waals surface area (Å²) in [7, 11) is 0. The lowest BCUT2D eigenvalue weighted by molar-refractivity contribution is 0.168.